The van der Waals surface area contributed by atoms with Crippen LogP contribution in [0.4, 0.5) is 5.69 Å². The second-order valence-electron chi connectivity index (χ2n) is 9.31. The monoisotopic (exact) mass is 492 g/mol. The molecule has 0 bridgehead atoms. The third kappa shape index (κ3) is 6.16. The predicted molar refractivity (Wildman–Crippen MR) is 150 cm³/mol. The van der Waals surface area contributed by atoms with Crippen molar-refractivity contribution in [3.8, 4) is 22.6 Å². The van der Waals surface area contributed by atoms with Crippen molar-refractivity contribution in [2.45, 2.75) is 19.4 Å². The van der Waals surface area contributed by atoms with Crippen molar-refractivity contribution in [1.29, 1.82) is 5.41 Å². The van der Waals surface area contributed by atoms with Crippen molar-refractivity contribution in [3.05, 3.63) is 113 Å². The molecular formula is C31H32N4O2. The van der Waals surface area contributed by atoms with Crippen molar-refractivity contribution in [3.63, 3.8) is 0 Å². The van der Waals surface area contributed by atoms with Crippen molar-refractivity contribution >= 4 is 11.9 Å². The zero-order valence-corrected chi connectivity index (χ0v) is 20.9. The highest BCUT2D eigenvalue weighted by Gasteiger charge is 2.11. The SMILES string of the molecule is N=Cc1cc(-n2ccc(OCc3ccc(-c4ccccc4)cc3)cc2=O)ccc1NCCN1CCCC1. The molecule has 1 saturated heterocycles. The van der Waals surface area contributed by atoms with E-state index in [4.69, 9.17) is 10.1 Å². The lowest BCUT2D eigenvalue weighted by Gasteiger charge is -2.17. The van der Waals surface area contributed by atoms with Crippen LogP contribution in [0.1, 0.15) is 24.0 Å². The molecule has 1 fully saturated rings. The fraction of sp³-hybridized carbons (Fsp3) is 0.226. The van der Waals surface area contributed by atoms with Crippen LogP contribution in [0, 0.1) is 5.41 Å². The van der Waals surface area contributed by atoms with Gasteiger partial charge in [-0.3, -0.25) is 9.36 Å². The summed E-state index contributed by atoms with van der Waals surface area (Å²) in [6, 6.07) is 27.5. The molecule has 0 spiro atoms. The Labute approximate surface area is 217 Å². The maximum Gasteiger partial charge on any atom is 0.258 e. The number of likely N-dealkylation sites (tertiary alicyclic amines) is 1. The van der Waals surface area contributed by atoms with Crippen LogP contribution in [0.5, 0.6) is 5.75 Å². The van der Waals surface area contributed by atoms with E-state index in [-0.39, 0.29) is 5.56 Å². The lowest BCUT2D eigenvalue weighted by atomic mass is 10.0. The lowest BCUT2D eigenvalue weighted by molar-refractivity contribution is 0.305. The van der Waals surface area contributed by atoms with E-state index >= 15 is 0 Å². The highest BCUT2D eigenvalue weighted by Crippen LogP contribution is 2.21. The van der Waals surface area contributed by atoms with Gasteiger partial charge in [-0.2, -0.15) is 0 Å². The van der Waals surface area contributed by atoms with Gasteiger partial charge in [-0.1, -0.05) is 54.6 Å². The summed E-state index contributed by atoms with van der Waals surface area (Å²) in [5.41, 5.74) is 5.57. The summed E-state index contributed by atoms with van der Waals surface area (Å²) < 4.78 is 7.47. The maximum atomic E-state index is 12.9. The Morgan fingerprint density at radius 3 is 2.38 bits per heavy atom. The molecule has 0 aliphatic carbocycles. The minimum absolute atomic E-state index is 0.178. The van der Waals surface area contributed by atoms with Crippen LogP contribution in [-0.2, 0) is 6.61 Å². The van der Waals surface area contributed by atoms with Crippen LogP contribution >= 0.6 is 0 Å². The van der Waals surface area contributed by atoms with Crippen LogP contribution < -0.4 is 15.6 Å². The summed E-state index contributed by atoms with van der Waals surface area (Å²) in [5, 5.41) is 11.3. The summed E-state index contributed by atoms with van der Waals surface area (Å²) in [6.45, 7) is 4.55. The van der Waals surface area contributed by atoms with Crippen LogP contribution in [0.15, 0.2) is 95.9 Å². The molecule has 0 atom stereocenters. The number of rotatable bonds is 10. The molecule has 1 aliphatic heterocycles. The molecular weight excluding hydrogens is 460 g/mol. The maximum absolute atomic E-state index is 12.9. The number of hydrogen-bond acceptors (Lipinski definition) is 5. The number of ether oxygens (including phenoxy) is 1. The fourth-order valence-electron chi connectivity index (χ4n) is 4.69. The average Bonchev–Trinajstić information content (AvgIpc) is 3.47. The number of pyridine rings is 1. The van der Waals surface area contributed by atoms with Gasteiger partial charge >= 0.3 is 0 Å². The summed E-state index contributed by atoms with van der Waals surface area (Å²) in [6.07, 6.45) is 5.61. The Morgan fingerprint density at radius 1 is 0.892 bits per heavy atom. The summed E-state index contributed by atoms with van der Waals surface area (Å²) >= 11 is 0. The van der Waals surface area contributed by atoms with Crippen molar-refractivity contribution < 1.29 is 4.74 Å². The first-order valence-corrected chi connectivity index (χ1v) is 12.8. The predicted octanol–water partition coefficient (Wildman–Crippen LogP) is 5.59. The smallest absolute Gasteiger partial charge is 0.258 e. The molecule has 2 N–H and O–H groups in total. The quantitative estimate of drug-likeness (QED) is 0.283. The third-order valence-corrected chi connectivity index (χ3v) is 6.77. The van der Waals surface area contributed by atoms with Crippen LogP contribution in [-0.4, -0.2) is 41.9 Å². The number of benzene rings is 3. The second-order valence-corrected chi connectivity index (χ2v) is 9.31. The number of nitrogens with one attached hydrogen (secondary N) is 2. The minimum atomic E-state index is -0.178. The van der Waals surface area contributed by atoms with Crippen LogP contribution in [0.3, 0.4) is 0 Å². The molecule has 0 radical (unpaired) electrons. The Balaban J connectivity index is 1.21. The van der Waals surface area contributed by atoms with Crippen molar-refractivity contribution in [1.82, 2.24) is 9.47 Å². The van der Waals surface area contributed by atoms with Gasteiger partial charge in [0.1, 0.15) is 12.4 Å². The van der Waals surface area contributed by atoms with E-state index in [1.165, 1.54) is 43.8 Å². The molecule has 0 amide bonds. The normalized spacial score (nSPS) is 13.4. The molecule has 1 aliphatic rings. The average molecular weight is 493 g/mol. The van der Waals surface area contributed by atoms with E-state index in [0.717, 1.165) is 41.2 Å². The van der Waals surface area contributed by atoms with E-state index in [1.54, 1.807) is 16.8 Å². The van der Waals surface area contributed by atoms with Gasteiger partial charge in [0.05, 0.1) is 0 Å². The fourth-order valence-corrected chi connectivity index (χ4v) is 4.69. The van der Waals surface area contributed by atoms with Gasteiger partial charge in [-0.05, 0) is 66.9 Å². The Hall–Kier alpha value is -4.16. The van der Waals surface area contributed by atoms with Crippen molar-refractivity contribution in [2.75, 3.05) is 31.5 Å². The van der Waals surface area contributed by atoms with E-state index in [2.05, 4.69) is 34.5 Å². The van der Waals surface area contributed by atoms with Crippen molar-refractivity contribution in [2.24, 2.45) is 0 Å². The van der Waals surface area contributed by atoms with E-state index in [9.17, 15) is 4.79 Å². The Kier molecular flexibility index (Phi) is 7.77. The zero-order chi connectivity index (χ0) is 25.5. The Bertz CT molecular complexity index is 1390. The Morgan fingerprint density at radius 2 is 1.65 bits per heavy atom. The van der Waals surface area contributed by atoms with Crippen LogP contribution in [0.2, 0.25) is 0 Å². The molecule has 4 aromatic rings. The molecule has 6 nitrogen and oxygen atoms in total. The zero-order valence-electron chi connectivity index (χ0n) is 20.9. The number of hydrogen-bond donors (Lipinski definition) is 2. The van der Waals surface area contributed by atoms with Gasteiger partial charge in [-0.15, -0.1) is 0 Å². The summed E-state index contributed by atoms with van der Waals surface area (Å²) in [7, 11) is 0. The minimum Gasteiger partial charge on any atom is -0.489 e. The van der Waals surface area contributed by atoms with Gasteiger partial charge in [0, 0.05) is 48.5 Å². The third-order valence-electron chi connectivity index (χ3n) is 6.77. The van der Waals surface area contributed by atoms with Gasteiger partial charge in [0.2, 0.25) is 0 Å². The number of aromatic nitrogens is 1. The molecule has 2 heterocycles. The van der Waals surface area contributed by atoms with Gasteiger partial charge < -0.3 is 20.4 Å². The highest BCUT2D eigenvalue weighted by atomic mass is 16.5. The van der Waals surface area contributed by atoms with E-state index in [1.807, 2.05) is 48.5 Å². The van der Waals surface area contributed by atoms with Crippen LogP contribution in [0.25, 0.3) is 16.8 Å². The van der Waals surface area contributed by atoms with Gasteiger partial charge in [0.15, 0.2) is 0 Å². The van der Waals surface area contributed by atoms with E-state index in [0.29, 0.717) is 12.4 Å². The summed E-state index contributed by atoms with van der Waals surface area (Å²) in [5.74, 6) is 0.529. The molecule has 0 unspecified atom stereocenters. The first-order chi connectivity index (χ1) is 18.2. The molecule has 188 valence electrons. The number of nitrogens with zero attached hydrogens (tertiary/aromatic N) is 2. The molecule has 0 saturated carbocycles. The largest absolute Gasteiger partial charge is 0.489 e. The molecule has 1 aromatic heterocycles. The highest BCUT2D eigenvalue weighted by molar-refractivity contribution is 5.86. The molecule has 5 rings (SSSR count). The lowest BCUT2D eigenvalue weighted by Crippen LogP contribution is -2.26. The molecule has 37 heavy (non-hydrogen) atoms. The van der Waals surface area contributed by atoms with Gasteiger partial charge in [0.25, 0.3) is 5.56 Å². The van der Waals surface area contributed by atoms with Gasteiger partial charge in [-0.25, -0.2) is 0 Å². The topological polar surface area (TPSA) is 70.3 Å². The number of anilines is 1. The molecule has 3 aromatic carbocycles. The second kappa shape index (κ2) is 11.7. The summed E-state index contributed by atoms with van der Waals surface area (Å²) in [4.78, 5) is 15.3. The first-order valence-electron chi connectivity index (χ1n) is 12.8. The standard InChI is InChI=1S/C31H32N4O2/c32-22-27-20-28(12-13-30(27)33-15-19-34-16-4-5-17-34)35-18-14-29(21-31(35)36)37-23-24-8-10-26(11-9-24)25-6-2-1-3-7-25/h1-3,6-14,18,20-22,32-33H,4-5,15-17,19,23H2. The molecule has 6 heteroatoms. The van der Waals surface area contributed by atoms with E-state index < -0.39 is 0 Å². The first kappa shape index (κ1) is 24.5.